The van der Waals surface area contributed by atoms with Crippen molar-refractivity contribution in [2.45, 2.75) is 52.1 Å². The summed E-state index contributed by atoms with van der Waals surface area (Å²) in [4.78, 5) is 22.7. The molecule has 0 heterocycles. The Labute approximate surface area is 125 Å². The Balaban J connectivity index is 2.54. The van der Waals surface area contributed by atoms with E-state index in [1.807, 2.05) is 0 Å². The second-order valence-corrected chi connectivity index (χ2v) is 5.15. The lowest BCUT2D eigenvalue weighted by molar-refractivity contribution is 0.0697. The number of amides is 2. The zero-order valence-electron chi connectivity index (χ0n) is 12.9. The molecule has 0 atom stereocenters. The van der Waals surface area contributed by atoms with Crippen molar-refractivity contribution in [3.63, 3.8) is 0 Å². The minimum absolute atomic E-state index is 0.156. The van der Waals surface area contributed by atoms with Crippen LogP contribution < -0.4 is 10.6 Å². The third kappa shape index (κ3) is 4.77. The summed E-state index contributed by atoms with van der Waals surface area (Å²) in [6.45, 7) is 6.58. The molecule has 5 heteroatoms. The number of hydrogen-bond acceptors (Lipinski definition) is 2. The molecule has 0 radical (unpaired) electrons. The number of aromatic carboxylic acids is 1. The third-order valence-corrected chi connectivity index (χ3v) is 4.06. The summed E-state index contributed by atoms with van der Waals surface area (Å²) >= 11 is 0. The number of hydrogen-bond donors (Lipinski definition) is 3. The topological polar surface area (TPSA) is 78.4 Å². The van der Waals surface area contributed by atoms with Crippen LogP contribution in [0.4, 0.5) is 4.79 Å². The monoisotopic (exact) mass is 292 g/mol. The zero-order valence-corrected chi connectivity index (χ0v) is 12.9. The van der Waals surface area contributed by atoms with Crippen molar-refractivity contribution < 1.29 is 14.7 Å². The van der Waals surface area contributed by atoms with Crippen molar-refractivity contribution in [2.24, 2.45) is 0 Å². The Morgan fingerprint density at radius 3 is 2.00 bits per heavy atom. The predicted molar refractivity (Wildman–Crippen MR) is 82.4 cm³/mol. The standard InChI is InChI=1S/C16H24N2O3/c1-4-16(5-2,6-3)18-15(21)17-11-12-7-9-13(10-8-12)14(19)20/h7-10H,4-6,11H2,1-3H3,(H,19,20)(H2,17,18,21). The van der Waals surface area contributed by atoms with Crippen molar-refractivity contribution in [2.75, 3.05) is 0 Å². The van der Waals surface area contributed by atoms with Crippen LogP contribution in [0.1, 0.15) is 56.0 Å². The fourth-order valence-electron chi connectivity index (χ4n) is 2.25. The van der Waals surface area contributed by atoms with Gasteiger partial charge in [0.2, 0.25) is 0 Å². The van der Waals surface area contributed by atoms with E-state index in [2.05, 4.69) is 31.4 Å². The molecular weight excluding hydrogens is 268 g/mol. The van der Waals surface area contributed by atoms with Gasteiger partial charge in [0.1, 0.15) is 0 Å². The molecule has 21 heavy (non-hydrogen) atoms. The molecule has 0 aliphatic rings. The maximum Gasteiger partial charge on any atom is 0.335 e. The number of carbonyl (C=O) groups is 2. The third-order valence-electron chi connectivity index (χ3n) is 4.06. The molecule has 0 saturated carbocycles. The Hall–Kier alpha value is -2.04. The van der Waals surface area contributed by atoms with Crippen LogP contribution in [0, 0.1) is 0 Å². The highest BCUT2D eigenvalue weighted by Crippen LogP contribution is 2.18. The Kier molecular flexibility index (Phi) is 6.21. The van der Waals surface area contributed by atoms with Gasteiger partial charge in [-0.1, -0.05) is 32.9 Å². The van der Waals surface area contributed by atoms with Crippen LogP contribution in [0.15, 0.2) is 24.3 Å². The van der Waals surface area contributed by atoms with E-state index in [0.29, 0.717) is 6.54 Å². The lowest BCUT2D eigenvalue weighted by Crippen LogP contribution is -2.51. The molecule has 0 aromatic heterocycles. The van der Waals surface area contributed by atoms with Crippen molar-refractivity contribution >= 4 is 12.0 Å². The lowest BCUT2D eigenvalue weighted by atomic mass is 9.90. The summed E-state index contributed by atoms with van der Waals surface area (Å²) < 4.78 is 0. The van der Waals surface area contributed by atoms with Gasteiger partial charge in [-0.15, -0.1) is 0 Å². The first kappa shape index (κ1) is 17.0. The van der Waals surface area contributed by atoms with Crippen LogP contribution in [-0.2, 0) is 6.54 Å². The molecule has 0 unspecified atom stereocenters. The lowest BCUT2D eigenvalue weighted by Gasteiger charge is -2.31. The number of nitrogens with one attached hydrogen (secondary N) is 2. The normalized spacial score (nSPS) is 11.0. The maximum atomic E-state index is 12.0. The van der Waals surface area contributed by atoms with E-state index < -0.39 is 5.97 Å². The van der Waals surface area contributed by atoms with Crippen LogP contribution in [0.3, 0.4) is 0 Å². The van der Waals surface area contributed by atoms with Crippen LogP contribution in [0.5, 0.6) is 0 Å². The van der Waals surface area contributed by atoms with E-state index in [0.717, 1.165) is 24.8 Å². The van der Waals surface area contributed by atoms with E-state index in [9.17, 15) is 9.59 Å². The summed E-state index contributed by atoms with van der Waals surface area (Å²) in [5.41, 5.74) is 0.951. The maximum absolute atomic E-state index is 12.0. The molecule has 0 saturated heterocycles. The van der Waals surface area contributed by atoms with Gasteiger partial charge in [0.05, 0.1) is 5.56 Å². The van der Waals surface area contributed by atoms with E-state index in [-0.39, 0.29) is 17.1 Å². The number of carboxylic acids is 1. The van der Waals surface area contributed by atoms with Crippen molar-refractivity contribution in [1.29, 1.82) is 0 Å². The van der Waals surface area contributed by atoms with Gasteiger partial charge >= 0.3 is 12.0 Å². The van der Waals surface area contributed by atoms with Crippen molar-refractivity contribution in [3.05, 3.63) is 35.4 Å². The van der Waals surface area contributed by atoms with E-state index in [4.69, 9.17) is 5.11 Å². The molecular formula is C16H24N2O3. The smallest absolute Gasteiger partial charge is 0.335 e. The minimum atomic E-state index is -0.953. The summed E-state index contributed by atoms with van der Waals surface area (Å²) in [6.07, 6.45) is 2.67. The first-order chi connectivity index (χ1) is 9.96. The molecule has 0 aliphatic carbocycles. The number of carbonyl (C=O) groups excluding carboxylic acids is 1. The number of benzene rings is 1. The molecule has 1 aromatic rings. The van der Waals surface area contributed by atoms with Gasteiger partial charge in [0.15, 0.2) is 0 Å². The molecule has 1 aromatic carbocycles. The molecule has 0 fully saturated rings. The number of rotatable bonds is 7. The highest BCUT2D eigenvalue weighted by atomic mass is 16.4. The van der Waals surface area contributed by atoms with E-state index >= 15 is 0 Å². The molecule has 3 N–H and O–H groups in total. The molecule has 0 aliphatic heterocycles. The largest absolute Gasteiger partial charge is 0.478 e. The summed E-state index contributed by atoms with van der Waals surface area (Å²) in [5, 5.41) is 14.7. The SMILES string of the molecule is CCC(CC)(CC)NC(=O)NCc1ccc(C(=O)O)cc1. The Bertz CT molecular complexity index is 471. The summed E-state index contributed by atoms with van der Waals surface area (Å²) in [6, 6.07) is 6.28. The summed E-state index contributed by atoms with van der Waals surface area (Å²) in [5.74, 6) is -0.953. The van der Waals surface area contributed by atoms with Crippen LogP contribution in [-0.4, -0.2) is 22.6 Å². The average Bonchev–Trinajstić information content (AvgIpc) is 2.51. The highest BCUT2D eigenvalue weighted by Gasteiger charge is 2.25. The van der Waals surface area contributed by atoms with Crippen molar-refractivity contribution in [3.8, 4) is 0 Å². The Morgan fingerprint density at radius 1 is 1.05 bits per heavy atom. The number of carboxylic acid groups (broad SMARTS) is 1. The van der Waals surface area contributed by atoms with E-state index in [1.165, 1.54) is 12.1 Å². The minimum Gasteiger partial charge on any atom is -0.478 e. The first-order valence-corrected chi connectivity index (χ1v) is 7.34. The first-order valence-electron chi connectivity index (χ1n) is 7.34. The second kappa shape index (κ2) is 7.67. The fourth-order valence-corrected chi connectivity index (χ4v) is 2.25. The summed E-state index contributed by atoms with van der Waals surface area (Å²) in [7, 11) is 0. The second-order valence-electron chi connectivity index (χ2n) is 5.15. The molecule has 0 bridgehead atoms. The van der Waals surface area contributed by atoms with Crippen molar-refractivity contribution in [1.82, 2.24) is 10.6 Å². The average molecular weight is 292 g/mol. The quantitative estimate of drug-likeness (QED) is 0.722. The highest BCUT2D eigenvalue weighted by molar-refractivity contribution is 5.87. The van der Waals surface area contributed by atoms with E-state index in [1.54, 1.807) is 12.1 Å². The zero-order chi connectivity index (χ0) is 15.9. The van der Waals surface area contributed by atoms with Crippen LogP contribution in [0.25, 0.3) is 0 Å². The molecule has 1 rings (SSSR count). The van der Waals surface area contributed by atoms with Gasteiger partial charge in [-0.3, -0.25) is 0 Å². The molecule has 2 amide bonds. The molecule has 116 valence electrons. The van der Waals surface area contributed by atoms with Gasteiger partial charge < -0.3 is 15.7 Å². The van der Waals surface area contributed by atoms with Gasteiger partial charge in [0.25, 0.3) is 0 Å². The van der Waals surface area contributed by atoms with Gasteiger partial charge in [-0.05, 0) is 37.0 Å². The fraction of sp³-hybridized carbons (Fsp3) is 0.500. The van der Waals surface area contributed by atoms with Crippen LogP contribution >= 0.6 is 0 Å². The van der Waals surface area contributed by atoms with Gasteiger partial charge in [-0.25, -0.2) is 9.59 Å². The number of urea groups is 1. The molecule has 0 spiro atoms. The predicted octanol–water partition coefficient (Wildman–Crippen LogP) is 3.15. The van der Waals surface area contributed by atoms with Crippen LogP contribution in [0.2, 0.25) is 0 Å². The Morgan fingerprint density at radius 2 is 1.57 bits per heavy atom. The molecule has 5 nitrogen and oxygen atoms in total. The van der Waals surface area contributed by atoms with Gasteiger partial charge in [-0.2, -0.15) is 0 Å². The van der Waals surface area contributed by atoms with Gasteiger partial charge in [0, 0.05) is 12.1 Å².